The number of rotatable bonds is 13. The molecule has 0 saturated carbocycles. The Morgan fingerprint density at radius 3 is 2.17 bits per heavy atom. The summed E-state index contributed by atoms with van der Waals surface area (Å²) in [5, 5.41) is 3.06. The number of carbonyl (C=O) groups is 2. The lowest BCUT2D eigenvalue weighted by Crippen LogP contribution is -2.34. The summed E-state index contributed by atoms with van der Waals surface area (Å²) in [6.45, 7) is 3.51. The van der Waals surface area contributed by atoms with Gasteiger partial charge >= 0.3 is 0 Å². The van der Waals surface area contributed by atoms with Gasteiger partial charge in [0.1, 0.15) is 12.4 Å². The molecule has 4 aromatic carbocycles. The second-order valence-electron chi connectivity index (χ2n) is 10.5. The third-order valence-corrected chi connectivity index (χ3v) is 7.54. The number of carbonyl (C=O) groups excluding carboxylic acids is 2. The number of nitrogens with one attached hydrogen (secondary N) is 1. The summed E-state index contributed by atoms with van der Waals surface area (Å²) >= 11 is 0. The zero-order chi connectivity index (χ0) is 29.1. The van der Waals surface area contributed by atoms with Crippen molar-refractivity contribution in [1.29, 1.82) is 0 Å². The number of aromatic nitrogens is 2. The third kappa shape index (κ3) is 7.32. The normalized spacial score (nSPS) is 11.0. The molecule has 0 aliphatic rings. The minimum absolute atomic E-state index is 0.0432. The highest BCUT2D eigenvalue weighted by atomic mass is 16.2. The Morgan fingerprint density at radius 1 is 0.762 bits per heavy atom. The van der Waals surface area contributed by atoms with Crippen LogP contribution in [0.2, 0.25) is 0 Å². The van der Waals surface area contributed by atoms with Crippen LogP contribution in [0.15, 0.2) is 109 Å². The molecule has 1 heterocycles. The first-order valence-corrected chi connectivity index (χ1v) is 14.8. The van der Waals surface area contributed by atoms with Gasteiger partial charge in [-0.1, -0.05) is 91.3 Å². The van der Waals surface area contributed by atoms with Crippen molar-refractivity contribution in [1.82, 2.24) is 14.9 Å². The van der Waals surface area contributed by atoms with E-state index in [0.29, 0.717) is 19.5 Å². The standard InChI is InChI=1S/C36H38N4O2/c1-2-39(31-16-8-4-9-17-31)36(42)27-40-33-19-12-11-18-32(33)38-34(40)20-10-5-13-25-37-35(41)26-28-21-23-30(24-22-28)29-14-6-3-7-15-29/h3-4,6-9,11-12,14-19,21-24H,2,5,10,13,20,25-27H2,1H3,(H,37,41). The number of anilines is 1. The van der Waals surface area contributed by atoms with Gasteiger partial charge in [-0.05, 0) is 60.7 Å². The first kappa shape index (κ1) is 28.8. The predicted octanol–water partition coefficient (Wildman–Crippen LogP) is 6.83. The third-order valence-electron chi connectivity index (χ3n) is 7.54. The van der Waals surface area contributed by atoms with E-state index in [1.807, 2.05) is 96.8 Å². The summed E-state index contributed by atoms with van der Waals surface area (Å²) in [5.41, 5.74) is 6.13. The molecule has 6 heteroatoms. The monoisotopic (exact) mass is 558 g/mol. The van der Waals surface area contributed by atoms with Gasteiger partial charge in [0.15, 0.2) is 0 Å². The van der Waals surface area contributed by atoms with E-state index < -0.39 is 0 Å². The lowest BCUT2D eigenvalue weighted by atomic mass is 10.0. The van der Waals surface area contributed by atoms with Gasteiger partial charge in [0, 0.05) is 25.2 Å². The van der Waals surface area contributed by atoms with Gasteiger partial charge in [-0.3, -0.25) is 9.59 Å². The van der Waals surface area contributed by atoms with Gasteiger partial charge in [0.25, 0.3) is 0 Å². The van der Waals surface area contributed by atoms with E-state index in [2.05, 4.69) is 34.1 Å². The minimum Gasteiger partial charge on any atom is -0.356 e. The first-order chi connectivity index (χ1) is 20.6. The van der Waals surface area contributed by atoms with Crippen LogP contribution in [0.1, 0.15) is 37.6 Å². The minimum atomic E-state index is 0.0432. The van der Waals surface area contributed by atoms with Crippen LogP contribution in [0.4, 0.5) is 5.69 Å². The van der Waals surface area contributed by atoms with Gasteiger partial charge in [0.05, 0.1) is 17.5 Å². The van der Waals surface area contributed by atoms with Crippen molar-refractivity contribution in [2.75, 3.05) is 18.0 Å². The Morgan fingerprint density at radius 2 is 1.43 bits per heavy atom. The van der Waals surface area contributed by atoms with Crippen molar-refractivity contribution >= 4 is 28.5 Å². The van der Waals surface area contributed by atoms with Gasteiger partial charge < -0.3 is 14.8 Å². The van der Waals surface area contributed by atoms with E-state index in [9.17, 15) is 9.59 Å². The smallest absolute Gasteiger partial charge is 0.246 e. The van der Waals surface area contributed by atoms with Crippen LogP contribution in [0.5, 0.6) is 0 Å². The number of benzene rings is 4. The topological polar surface area (TPSA) is 67.2 Å². The van der Waals surface area contributed by atoms with Gasteiger partial charge in [-0.25, -0.2) is 4.98 Å². The Balaban J connectivity index is 1.10. The number of imidazole rings is 1. The highest BCUT2D eigenvalue weighted by Crippen LogP contribution is 2.21. The Kier molecular flexibility index (Phi) is 9.78. The average Bonchev–Trinajstić information content (AvgIpc) is 3.37. The Labute approximate surface area is 248 Å². The van der Waals surface area contributed by atoms with E-state index in [-0.39, 0.29) is 18.4 Å². The van der Waals surface area contributed by atoms with Crippen molar-refractivity contribution in [3.63, 3.8) is 0 Å². The zero-order valence-electron chi connectivity index (χ0n) is 24.2. The summed E-state index contributed by atoms with van der Waals surface area (Å²) in [6.07, 6.45) is 3.96. The lowest BCUT2D eigenvalue weighted by Gasteiger charge is -2.22. The van der Waals surface area contributed by atoms with Crippen molar-refractivity contribution in [2.45, 2.75) is 45.6 Å². The van der Waals surface area contributed by atoms with Crippen molar-refractivity contribution < 1.29 is 9.59 Å². The molecule has 0 aliphatic heterocycles. The van der Waals surface area contributed by atoms with Crippen LogP contribution >= 0.6 is 0 Å². The van der Waals surface area contributed by atoms with Crippen LogP contribution in [-0.2, 0) is 29.0 Å². The molecule has 0 bridgehead atoms. The van der Waals surface area contributed by atoms with Crippen molar-refractivity contribution in [3.05, 3.63) is 121 Å². The fourth-order valence-electron chi connectivity index (χ4n) is 5.33. The highest BCUT2D eigenvalue weighted by Gasteiger charge is 2.18. The Hall–Kier alpha value is -4.71. The van der Waals surface area contributed by atoms with E-state index in [1.54, 1.807) is 0 Å². The quantitative estimate of drug-likeness (QED) is 0.161. The average molecular weight is 559 g/mol. The number of likely N-dealkylation sites (N-methyl/N-ethyl adjacent to an activating group) is 1. The maximum Gasteiger partial charge on any atom is 0.246 e. The molecule has 0 fully saturated rings. The molecule has 6 nitrogen and oxygen atoms in total. The second-order valence-corrected chi connectivity index (χ2v) is 10.5. The molecule has 0 spiro atoms. The molecular weight excluding hydrogens is 520 g/mol. The van der Waals surface area contributed by atoms with Gasteiger partial charge in [-0.2, -0.15) is 0 Å². The number of fused-ring (bicyclic) bond motifs is 1. The van der Waals surface area contributed by atoms with E-state index >= 15 is 0 Å². The van der Waals surface area contributed by atoms with Gasteiger partial charge in [-0.15, -0.1) is 0 Å². The molecule has 1 aromatic heterocycles. The molecule has 42 heavy (non-hydrogen) atoms. The molecule has 2 amide bonds. The van der Waals surface area contributed by atoms with Crippen LogP contribution in [0.25, 0.3) is 22.2 Å². The maximum absolute atomic E-state index is 13.4. The number of hydrogen-bond donors (Lipinski definition) is 1. The number of hydrogen-bond acceptors (Lipinski definition) is 3. The lowest BCUT2D eigenvalue weighted by molar-refractivity contribution is -0.120. The Bertz CT molecular complexity index is 1590. The van der Waals surface area contributed by atoms with Crippen molar-refractivity contribution in [2.24, 2.45) is 0 Å². The van der Waals surface area contributed by atoms with Crippen molar-refractivity contribution in [3.8, 4) is 11.1 Å². The summed E-state index contributed by atoms with van der Waals surface area (Å²) in [4.78, 5) is 32.5. The second kappa shape index (κ2) is 14.3. The summed E-state index contributed by atoms with van der Waals surface area (Å²) in [5.74, 6) is 1.02. The summed E-state index contributed by atoms with van der Waals surface area (Å²) in [7, 11) is 0. The molecule has 0 radical (unpaired) electrons. The predicted molar refractivity (Wildman–Crippen MR) is 170 cm³/mol. The van der Waals surface area contributed by atoms with Gasteiger partial charge in [0.2, 0.25) is 11.8 Å². The van der Waals surface area contributed by atoms with E-state index in [1.165, 1.54) is 5.56 Å². The fourth-order valence-corrected chi connectivity index (χ4v) is 5.33. The number of aryl methyl sites for hydroxylation is 1. The molecule has 0 atom stereocenters. The molecule has 5 aromatic rings. The highest BCUT2D eigenvalue weighted by molar-refractivity contribution is 5.94. The van der Waals surface area contributed by atoms with Crippen LogP contribution < -0.4 is 10.2 Å². The summed E-state index contributed by atoms with van der Waals surface area (Å²) in [6, 6.07) is 36.2. The summed E-state index contributed by atoms with van der Waals surface area (Å²) < 4.78 is 2.06. The molecule has 5 rings (SSSR count). The molecule has 214 valence electrons. The van der Waals surface area contributed by atoms with E-state index in [0.717, 1.165) is 59.4 Å². The molecule has 0 aliphatic carbocycles. The van der Waals surface area contributed by atoms with E-state index in [4.69, 9.17) is 4.98 Å². The molecule has 1 N–H and O–H groups in total. The maximum atomic E-state index is 13.4. The number of unbranched alkanes of at least 4 members (excludes halogenated alkanes) is 2. The molecule has 0 saturated heterocycles. The number of amides is 2. The number of nitrogens with zero attached hydrogens (tertiary/aromatic N) is 3. The molecular formula is C36H38N4O2. The SMILES string of the molecule is CCN(C(=O)Cn1c(CCCCCNC(=O)Cc2ccc(-c3ccccc3)cc2)nc2ccccc21)c1ccccc1. The first-order valence-electron chi connectivity index (χ1n) is 14.8. The fraction of sp³-hybridized carbons (Fsp3) is 0.250. The zero-order valence-corrected chi connectivity index (χ0v) is 24.2. The van der Waals surface area contributed by atoms with Crippen LogP contribution in [-0.4, -0.2) is 34.5 Å². The van der Waals surface area contributed by atoms with Crippen LogP contribution in [0, 0.1) is 0 Å². The number of para-hydroxylation sites is 3. The van der Waals surface area contributed by atoms with Crippen LogP contribution in [0.3, 0.4) is 0 Å². The molecule has 0 unspecified atom stereocenters. The largest absolute Gasteiger partial charge is 0.356 e.